The third-order valence-corrected chi connectivity index (χ3v) is 4.73. The molecule has 1 aromatic heterocycles. The molecule has 3 aromatic rings. The minimum Gasteiger partial charge on any atom is -0.331 e. The summed E-state index contributed by atoms with van der Waals surface area (Å²) in [5.41, 5.74) is 2.87. The van der Waals surface area contributed by atoms with Crippen LogP contribution in [0, 0.1) is 6.92 Å². The lowest BCUT2D eigenvalue weighted by Gasteiger charge is -2.07. The highest BCUT2D eigenvalue weighted by Crippen LogP contribution is 2.34. The molecule has 0 bridgehead atoms. The molecule has 0 radical (unpaired) electrons. The van der Waals surface area contributed by atoms with Gasteiger partial charge in [-0.1, -0.05) is 46.7 Å². The van der Waals surface area contributed by atoms with Crippen LogP contribution in [-0.4, -0.2) is 4.98 Å². The molecule has 0 atom stereocenters. The SMILES string of the molecule is Cc1c(Cl)cccc1Nc1nc2cccc(Cl)c2s1. The Morgan fingerprint density at radius 1 is 1.05 bits per heavy atom. The van der Waals surface area contributed by atoms with Gasteiger partial charge < -0.3 is 5.32 Å². The number of halogens is 2. The van der Waals surface area contributed by atoms with Gasteiger partial charge in [-0.15, -0.1) is 0 Å². The third-order valence-electron chi connectivity index (χ3n) is 2.88. The zero-order chi connectivity index (χ0) is 13.4. The molecule has 0 aliphatic rings. The number of nitrogens with one attached hydrogen (secondary N) is 1. The monoisotopic (exact) mass is 308 g/mol. The van der Waals surface area contributed by atoms with Crippen molar-refractivity contribution in [2.75, 3.05) is 5.32 Å². The van der Waals surface area contributed by atoms with E-state index in [9.17, 15) is 0 Å². The van der Waals surface area contributed by atoms with Crippen LogP contribution in [0.4, 0.5) is 10.8 Å². The van der Waals surface area contributed by atoms with Gasteiger partial charge in [0.2, 0.25) is 0 Å². The number of rotatable bonds is 2. The quantitative estimate of drug-likeness (QED) is 0.661. The molecule has 19 heavy (non-hydrogen) atoms. The number of benzene rings is 2. The normalized spacial score (nSPS) is 10.9. The first kappa shape index (κ1) is 12.7. The Labute approximate surface area is 125 Å². The molecular formula is C14H10Cl2N2S. The molecule has 0 aliphatic carbocycles. The highest BCUT2D eigenvalue weighted by Gasteiger charge is 2.08. The molecule has 0 saturated heterocycles. The van der Waals surface area contributed by atoms with Gasteiger partial charge in [0.15, 0.2) is 5.13 Å². The summed E-state index contributed by atoms with van der Waals surface area (Å²) >= 11 is 13.8. The smallest absolute Gasteiger partial charge is 0.188 e. The second kappa shape index (κ2) is 5.00. The van der Waals surface area contributed by atoms with E-state index in [1.807, 2.05) is 43.3 Å². The van der Waals surface area contributed by atoms with Gasteiger partial charge in [-0.05, 0) is 36.8 Å². The minimum absolute atomic E-state index is 0.728. The van der Waals surface area contributed by atoms with Crippen molar-refractivity contribution in [2.45, 2.75) is 6.92 Å². The van der Waals surface area contributed by atoms with E-state index in [4.69, 9.17) is 23.2 Å². The zero-order valence-corrected chi connectivity index (χ0v) is 12.4. The van der Waals surface area contributed by atoms with Crippen LogP contribution in [0.3, 0.4) is 0 Å². The molecule has 0 spiro atoms. The first-order valence-corrected chi connectivity index (χ1v) is 7.29. The van der Waals surface area contributed by atoms with Crippen LogP contribution in [0.1, 0.15) is 5.56 Å². The predicted molar refractivity (Wildman–Crippen MR) is 84.1 cm³/mol. The average Bonchev–Trinajstić information content (AvgIpc) is 2.79. The molecule has 2 nitrogen and oxygen atoms in total. The first-order chi connectivity index (χ1) is 9.15. The Morgan fingerprint density at radius 3 is 2.58 bits per heavy atom. The number of nitrogens with zero attached hydrogens (tertiary/aromatic N) is 1. The molecule has 2 aromatic carbocycles. The van der Waals surface area contributed by atoms with Crippen LogP contribution in [0.15, 0.2) is 36.4 Å². The molecule has 0 aliphatic heterocycles. The summed E-state index contributed by atoms with van der Waals surface area (Å²) in [6, 6.07) is 11.5. The lowest BCUT2D eigenvalue weighted by atomic mass is 10.2. The lowest BCUT2D eigenvalue weighted by Crippen LogP contribution is -1.92. The summed E-state index contributed by atoms with van der Waals surface area (Å²) in [6.45, 7) is 1.98. The summed E-state index contributed by atoms with van der Waals surface area (Å²) < 4.78 is 0.992. The summed E-state index contributed by atoms with van der Waals surface area (Å²) in [5.74, 6) is 0. The molecule has 0 fully saturated rings. The van der Waals surface area contributed by atoms with Crippen LogP contribution in [0.2, 0.25) is 10.0 Å². The van der Waals surface area contributed by atoms with Crippen molar-refractivity contribution in [3.63, 3.8) is 0 Å². The molecule has 3 rings (SSSR count). The van der Waals surface area contributed by atoms with Crippen LogP contribution >= 0.6 is 34.5 Å². The highest BCUT2D eigenvalue weighted by atomic mass is 35.5. The molecule has 0 saturated carbocycles. The maximum atomic E-state index is 6.15. The van der Waals surface area contributed by atoms with Gasteiger partial charge in [-0.3, -0.25) is 0 Å². The van der Waals surface area contributed by atoms with E-state index in [2.05, 4.69) is 10.3 Å². The van der Waals surface area contributed by atoms with Gasteiger partial charge in [0.1, 0.15) is 0 Å². The minimum atomic E-state index is 0.728. The third kappa shape index (κ3) is 2.41. The van der Waals surface area contributed by atoms with Crippen LogP contribution in [0.5, 0.6) is 0 Å². The van der Waals surface area contributed by atoms with Crippen molar-refractivity contribution in [3.8, 4) is 0 Å². The van der Waals surface area contributed by atoms with Gasteiger partial charge in [-0.25, -0.2) is 4.98 Å². The lowest BCUT2D eigenvalue weighted by molar-refractivity contribution is 1.40. The second-order valence-electron chi connectivity index (χ2n) is 4.14. The van der Waals surface area contributed by atoms with E-state index in [0.29, 0.717) is 0 Å². The van der Waals surface area contributed by atoms with E-state index >= 15 is 0 Å². The number of hydrogen-bond acceptors (Lipinski definition) is 3. The Kier molecular flexibility index (Phi) is 3.35. The number of thiazole rings is 1. The van der Waals surface area contributed by atoms with Gasteiger partial charge >= 0.3 is 0 Å². The standard InChI is InChI=1S/C14H10Cl2N2S/c1-8-9(15)4-2-6-11(8)17-14-18-12-7-3-5-10(16)13(12)19-14/h2-7H,1H3,(H,17,18). The Hall–Kier alpha value is -1.29. The van der Waals surface area contributed by atoms with Crippen molar-refractivity contribution in [1.29, 1.82) is 0 Å². The summed E-state index contributed by atoms with van der Waals surface area (Å²) in [7, 11) is 0. The zero-order valence-electron chi connectivity index (χ0n) is 10.1. The van der Waals surface area contributed by atoms with Crippen molar-refractivity contribution < 1.29 is 0 Å². The Morgan fingerprint density at radius 2 is 1.79 bits per heavy atom. The van der Waals surface area contributed by atoms with Crippen molar-refractivity contribution in [2.24, 2.45) is 0 Å². The van der Waals surface area contributed by atoms with Crippen molar-refractivity contribution in [1.82, 2.24) is 4.98 Å². The van der Waals surface area contributed by atoms with E-state index in [0.717, 1.165) is 36.6 Å². The number of hydrogen-bond donors (Lipinski definition) is 1. The van der Waals surface area contributed by atoms with Crippen molar-refractivity contribution >= 4 is 55.6 Å². The van der Waals surface area contributed by atoms with Gasteiger partial charge in [0.25, 0.3) is 0 Å². The van der Waals surface area contributed by atoms with Crippen LogP contribution in [-0.2, 0) is 0 Å². The van der Waals surface area contributed by atoms with Gasteiger partial charge in [0.05, 0.1) is 15.2 Å². The number of anilines is 2. The highest BCUT2D eigenvalue weighted by molar-refractivity contribution is 7.22. The van der Waals surface area contributed by atoms with Crippen LogP contribution in [0.25, 0.3) is 10.2 Å². The largest absolute Gasteiger partial charge is 0.331 e. The number of fused-ring (bicyclic) bond motifs is 1. The van der Waals surface area contributed by atoms with E-state index < -0.39 is 0 Å². The topological polar surface area (TPSA) is 24.9 Å². The molecule has 5 heteroatoms. The summed E-state index contributed by atoms with van der Waals surface area (Å²) in [6.07, 6.45) is 0. The van der Waals surface area contributed by atoms with E-state index in [-0.39, 0.29) is 0 Å². The fraction of sp³-hybridized carbons (Fsp3) is 0.0714. The molecule has 0 amide bonds. The molecule has 0 unspecified atom stereocenters. The number of aromatic nitrogens is 1. The maximum Gasteiger partial charge on any atom is 0.188 e. The maximum absolute atomic E-state index is 6.15. The molecular weight excluding hydrogens is 299 g/mol. The van der Waals surface area contributed by atoms with Gasteiger partial charge in [0, 0.05) is 10.7 Å². The Balaban J connectivity index is 2.02. The second-order valence-corrected chi connectivity index (χ2v) is 5.96. The summed E-state index contributed by atoms with van der Waals surface area (Å²) in [4.78, 5) is 4.52. The molecule has 96 valence electrons. The Bertz CT molecular complexity index is 752. The van der Waals surface area contributed by atoms with Crippen molar-refractivity contribution in [3.05, 3.63) is 52.0 Å². The van der Waals surface area contributed by atoms with Crippen LogP contribution < -0.4 is 5.32 Å². The predicted octanol–water partition coefficient (Wildman–Crippen LogP) is 5.66. The first-order valence-electron chi connectivity index (χ1n) is 5.72. The fourth-order valence-corrected chi connectivity index (χ4v) is 3.17. The molecule has 1 heterocycles. The molecule has 1 N–H and O–H groups in total. The average molecular weight is 309 g/mol. The summed E-state index contributed by atoms with van der Waals surface area (Å²) in [5, 5.41) is 5.57. The van der Waals surface area contributed by atoms with Gasteiger partial charge in [-0.2, -0.15) is 0 Å². The van der Waals surface area contributed by atoms with E-state index in [1.54, 1.807) is 0 Å². The van der Waals surface area contributed by atoms with E-state index in [1.165, 1.54) is 11.3 Å². The fourth-order valence-electron chi connectivity index (χ4n) is 1.83.